The first-order chi connectivity index (χ1) is 10.0. The Balaban J connectivity index is 2.42. The van der Waals surface area contributed by atoms with Gasteiger partial charge in [0.25, 0.3) is 0 Å². The highest BCUT2D eigenvalue weighted by atomic mass is 14.7. The largest absolute Gasteiger partial charge is 0.256 e. The molecule has 0 fully saturated rings. The number of hydrogen-bond donors (Lipinski definition) is 0. The quantitative estimate of drug-likeness (QED) is 0.665. The van der Waals surface area contributed by atoms with Crippen molar-refractivity contribution in [1.29, 1.82) is 0 Å². The zero-order chi connectivity index (χ0) is 16.7. The van der Waals surface area contributed by atoms with Gasteiger partial charge in [0.2, 0.25) is 0 Å². The van der Waals surface area contributed by atoms with Crippen molar-refractivity contribution < 1.29 is 11.0 Å². The number of pyridine rings is 1. The fourth-order valence-electron chi connectivity index (χ4n) is 1.32. The summed E-state index contributed by atoms with van der Waals surface area (Å²) < 4.78 is 59.8. The maximum Gasteiger partial charge on any atom is 0.0661 e. The molecule has 0 aromatic carbocycles. The van der Waals surface area contributed by atoms with Crippen molar-refractivity contribution in [3.63, 3.8) is 0 Å². The minimum atomic E-state index is -2.48. The molecular weight excluding hydrogens is 170 g/mol. The number of hydrogen-bond acceptors (Lipinski definition) is 1. The van der Waals surface area contributed by atoms with Gasteiger partial charge in [0, 0.05) is 14.4 Å². The van der Waals surface area contributed by atoms with Crippen molar-refractivity contribution in [2.24, 2.45) is 0 Å². The third kappa shape index (κ3) is 1.92. The molecule has 0 radical (unpaired) electrons. The first-order valence-corrected chi connectivity index (χ1v) is 4.39. The minimum Gasteiger partial charge on any atom is -0.256 e. The lowest BCUT2D eigenvalue weighted by Crippen LogP contribution is -1.94. The highest BCUT2D eigenvalue weighted by molar-refractivity contribution is 5.66. The molecule has 0 N–H and O–H groups in total. The van der Waals surface area contributed by atoms with Crippen LogP contribution in [-0.2, 0) is 0 Å². The Morgan fingerprint density at radius 2 is 2.29 bits per heavy atom. The van der Waals surface area contributed by atoms with Gasteiger partial charge in [0.05, 0.1) is 8.44 Å². The van der Waals surface area contributed by atoms with Gasteiger partial charge in [-0.15, -0.1) is 0 Å². The van der Waals surface area contributed by atoms with E-state index in [0.29, 0.717) is 24.0 Å². The lowest BCUT2D eigenvalue weighted by molar-refractivity contribution is 0.967. The van der Waals surface area contributed by atoms with Crippen LogP contribution in [0.4, 0.5) is 0 Å². The van der Waals surface area contributed by atoms with Crippen molar-refractivity contribution >= 4 is 5.57 Å². The van der Waals surface area contributed by atoms with Crippen LogP contribution in [0.3, 0.4) is 0 Å². The van der Waals surface area contributed by atoms with Crippen molar-refractivity contribution in [3.8, 4) is 0 Å². The third-order valence-corrected chi connectivity index (χ3v) is 2.09. The highest BCUT2D eigenvalue weighted by Crippen LogP contribution is 2.24. The number of aryl methyl sites for hydroxylation is 1. The fourth-order valence-corrected chi connectivity index (χ4v) is 1.32. The van der Waals surface area contributed by atoms with E-state index in [1.807, 2.05) is 0 Å². The van der Waals surface area contributed by atoms with Crippen molar-refractivity contribution in [1.82, 2.24) is 4.98 Å². The molecule has 1 heterocycles. The van der Waals surface area contributed by atoms with Crippen molar-refractivity contribution in [3.05, 3.63) is 47.3 Å². The first-order valence-electron chi connectivity index (χ1n) is 8.39. The number of allylic oxidation sites excluding steroid dienone is 4. The Kier molecular flexibility index (Phi) is 0.988. The van der Waals surface area contributed by atoms with E-state index in [9.17, 15) is 0 Å². The van der Waals surface area contributed by atoms with Gasteiger partial charge in [-0.25, -0.2) is 0 Å². The van der Waals surface area contributed by atoms with Gasteiger partial charge in [0.15, 0.2) is 0 Å². The lowest BCUT2D eigenvalue weighted by atomic mass is 9.97. The van der Waals surface area contributed by atoms with Crippen LogP contribution in [0.2, 0.25) is 0 Å². The van der Waals surface area contributed by atoms with Crippen molar-refractivity contribution in [2.75, 3.05) is 0 Å². The maximum atomic E-state index is 7.95. The zero-order valence-electron chi connectivity index (χ0n) is 15.6. The molecule has 0 aliphatic heterocycles. The molecule has 0 saturated heterocycles. The number of rotatable bonds is 1. The summed E-state index contributed by atoms with van der Waals surface area (Å²) in [5.74, 6) is 0. The molecule has 0 spiro atoms. The molecular formula is C13H15N. The average Bonchev–Trinajstić information content (AvgIpc) is 2.39. The predicted octanol–water partition coefficient (Wildman–Crippen LogP) is 3.51. The average molecular weight is 193 g/mol. The smallest absolute Gasteiger partial charge is 0.0661 e. The van der Waals surface area contributed by atoms with Gasteiger partial charge in [-0.1, -0.05) is 23.8 Å². The Bertz CT molecular complexity index is 651. The van der Waals surface area contributed by atoms with E-state index < -0.39 is 13.7 Å². The summed E-state index contributed by atoms with van der Waals surface area (Å²) in [4.78, 5) is 4.01. The molecule has 2 rings (SSSR count). The fraction of sp³-hybridized carbons (Fsp3) is 0.308. The summed E-state index contributed by atoms with van der Waals surface area (Å²) in [5.41, 5.74) is 0.965. The van der Waals surface area contributed by atoms with E-state index in [0.717, 1.165) is 6.20 Å². The van der Waals surface area contributed by atoms with E-state index in [-0.39, 0.29) is 23.3 Å². The number of nitrogens with zero attached hydrogens (tertiary/aromatic N) is 1. The van der Waals surface area contributed by atoms with Crippen molar-refractivity contribution in [2.45, 2.75) is 26.5 Å². The Labute approximate surface area is 96.4 Å². The van der Waals surface area contributed by atoms with Crippen LogP contribution in [0.5, 0.6) is 0 Å². The summed E-state index contributed by atoms with van der Waals surface area (Å²) in [6, 6.07) is -0.609. The molecule has 1 nitrogen and oxygen atoms in total. The van der Waals surface area contributed by atoms with E-state index in [2.05, 4.69) is 4.98 Å². The third-order valence-electron chi connectivity index (χ3n) is 2.09. The van der Waals surface area contributed by atoms with Crippen LogP contribution < -0.4 is 0 Å². The summed E-state index contributed by atoms with van der Waals surface area (Å²) in [6.45, 7) is -4.61. The van der Waals surface area contributed by atoms with Crippen LogP contribution in [0.1, 0.15) is 41.9 Å². The number of aromatic nitrogens is 1. The monoisotopic (exact) mass is 193 g/mol. The first kappa shape index (κ1) is 3.65. The Hall–Kier alpha value is -1.37. The molecule has 1 heteroatoms. The molecule has 14 heavy (non-hydrogen) atoms. The molecule has 0 unspecified atom stereocenters. The molecule has 0 atom stereocenters. The van der Waals surface area contributed by atoms with Crippen LogP contribution >= 0.6 is 0 Å². The molecule has 72 valence electrons. The van der Waals surface area contributed by atoms with Crippen LogP contribution in [0.15, 0.2) is 36.0 Å². The molecule has 0 bridgehead atoms. The second-order valence-corrected chi connectivity index (χ2v) is 3.15. The topological polar surface area (TPSA) is 12.9 Å². The Morgan fingerprint density at radius 3 is 3.00 bits per heavy atom. The predicted molar refractivity (Wildman–Crippen MR) is 59.9 cm³/mol. The summed E-state index contributed by atoms with van der Waals surface area (Å²) in [5, 5.41) is 0. The maximum absolute atomic E-state index is 7.95. The van der Waals surface area contributed by atoms with Gasteiger partial charge >= 0.3 is 0 Å². The summed E-state index contributed by atoms with van der Waals surface area (Å²) in [7, 11) is 0. The summed E-state index contributed by atoms with van der Waals surface area (Å²) >= 11 is 0. The molecule has 1 aromatic heterocycles. The van der Waals surface area contributed by atoms with Crippen LogP contribution in [0, 0.1) is 6.85 Å². The lowest BCUT2D eigenvalue weighted by Gasteiger charge is -2.11. The second kappa shape index (κ2) is 3.79. The van der Waals surface area contributed by atoms with E-state index >= 15 is 0 Å². The Morgan fingerprint density at radius 1 is 1.29 bits per heavy atom. The van der Waals surface area contributed by atoms with Gasteiger partial charge in [-0.3, -0.25) is 4.98 Å². The molecule has 1 aromatic rings. The van der Waals surface area contributed by atoms with E-state index in [4.69, 9.17) is 11.0 Å². The van der Waals surface area contributed by atoms with Crippen LogP contribution in [0.25, 0.3) is 5.57 Å². The van der Waals surface area contributed by atoms with Crippen LogP contribution in [-0.4, -0.2) is 4.98 Å². The van der Waals surface area contributed by atoms with E-state index in [1.54, 1.807) is 6.08 Å². The molecule has 1 aliphatic carbocycles. The zero-order valence-corrected chi connectivity index (χ0v) is 7.59. The van der Waals surface area contributed by atoms with Gasteiger partial charge in [0.1, 0.15) is 0 Å². The normalized spacial score (nSPS) is 26.3. The molecule has 1 aliphatic rings. The molecule has 0 saturated carbocycles. The van der Waals surface area contributed by atoms with Gasteiger partial charge in [-0.05, 0) is 43.7 Å². The van der Waals surface area contributed by atoms with Gasteiger partial charge < -0.3 is 0 Å². The van der Waals surface area contributed by atoms with E-state index in [1.165, 1.54) is 6.08 Å². The SMILES string of the molecule is [2H]c1c(C([2H])([2H])[2H])cnc(C2=CC=C(C([2H])([2H])[2H])CC2)c1[2H]. The highest BCUT2D eigenvalue weighted by Gasteiger charge is 2.06. The van der Waals surface area contributed by atoms with Gasteiger partial charge in [-0.2, -0.15) is 0 Å². The minimum absolute atomic E-state index is 0.235. The standard InChI is InChI=1S/C13H15N/c1-10-3-6-12(7-4-10)13-8-5-11(2)9-14-13/h3,5-6,8-9H,4,7H2,1-2H3/i1D3,2D3,5D,8D. The second-order valence-electron chi connectivity index (χ2n) is 3.15. The molecule has 0 amide bonds. The summed E-state index contributed by atoms with van der Waals surface area (Å²) in [6.07, 6.45) is 4.91.